The van der Waals surface area contributed by atoms with Crippen LogP contribution >= 0.6 is 0 Å². The Morgan fingerprint density at radius 1 is 1.42 bits per heavy atom. The third-order valence-electron chi connectivity index (χ3n) is 2.91. The number of hydrogen-bond acceptors (Lipinski definition) is 2. The molecule has 0 N–H and O–H groups in total. The highest BCUT2D eigenvalue weighted by atomic mass is 19.1. The molecule has 3 nitrogen and oxygen atoms in total. The monoisotopic (exact) mass is 259 g/mol. The Morgan fingerprint density at radius 2 is 2.21 bits per heavy atom. The number of benzene rings is 1. The van der Waals surface area contributed by atoms with Crippen LogP contribution in [0.3, 0.4) is 0 Å². The Morgan fingerprint density at radius 3 is 2.89 bits per heavy atom. The van der Waals surface area contributed by atoms with Gasteiger partial charge in [-0.2, -0.15) is 0 Å². The Kier molecular flexibility index (Phi) is 3.90. The van der Waals surface area contributed by atoms with Gasteiger partial charge in [-0.05, 0) is 48.8 Å². The molecule has 2 rings (SSSR count). The van der Waals surface area contributed by atoms with Crippen LogP contribution in [-0.2, 0) is 9.59 Å². The van der Waals surface area contributed by atoms with Crippen molar-refractivity contribution in [1.29, 1.82) is 0 Å². The van der Waals surface area contributed by atoms with Crippen molar-refractivity contribution >= 4 is 17.9 Å². The summed E-state index contributed by atoms with van der Waals surface area (Å²) < 4.78 is 13.1. The van der Waals surface area contributed by atoms with Crippen LogP contribution in [-0.4, -0.2) is 23.3 Å². The molecule has 1 aromatic rings. The largest absolute Gasteiger partial charge is 0.275 e. The molecule has 1 aliphatic rings. The topological polar surface area (TPSA) is 37.4 Å². The molecular formula is C15H14FNO2. The summed E-state index contributed by atoms with van der Waals surface area (Å²) in [6, 6.07) is 4.59. The zero-order chi connectivity index (χ0) is 13.8. The molecule has 0 atom stereocenters. The van der Waals surface area contributed by atoms with Crippen molar-refractivity contribution in [2.24, 2.45) is 0 Å². The zero-order valence-corrected chi connectivity index (χ0v) is 10.6. The number of aryl methyl sites for hydroxylation is 1. The number of rotatable bonds is 2. The molecule has 19 heavy (non-hydrogen) atoms. The van der Waals surface area contributed by atoms with E-state index in [4.69, 9.17) is 0 Å². The van der Waals surface area contributed by atoms with E-state index in [2.05, 4.69) is 0 Å². The molecule has 0 aliphatic carbocycles. The molecule has 0 saturated heterocycles. The number of amides is 2. The number of carbonyl (C=O) groups excluding carboxylic acids is 2. The maximum Gasteiger partial charge on any atom is 0.253 e. The van der Waals surface area contributed by atoms with Crippen LogP contribution in [0.5, 0.6) is 0 Å². The van der Waals surface area contributed by atoms with Crippen molar-refractivity contribution in [1.82, 2.24) is 4.90 Å². The first-order valence-corrected chi connectivity index (χ1v) is 6.04. The smallest absolute Gasteiger partial charge is 0.253 e. The summed E-state index contributed by atoms with van der Waals surface area (Å²) >= 11 is 0. The molecule has 1 aromatic carbocycles. The van der Waals surface area contributed by atoms with Gasteiger partial charge in [-0.25, -0.2) is 4.39 Å². The highest BCUT2D eigenvalue weighted by Gasteiger charge is 2.18. The summed E-state index contributed by atoms with van der Waals surface area (Å²) in [5.41, 5.74) is 1.25. The fraction of sp³-hybridized carbons (Fsp3) is 0.200. The van der Waals surface area contributed by atoms with Crippen molar-refractivity contribution in [3.05, 3.63) is 53.4 Å². The summed E-state index contributed by atoms with van der Waals surface area (Å²) in [5, 5.41) is 0. The summed E-state index contributed by atoms with van der Waals surface area (Å²) in [6.07, 6.45) is 6.75. The van der Waals surface area contributed by atoms with Crippen molar-refractivity contribution < 1.29 is 14.0 Å². The molecule has 1 heterocycles. The molecule has 0 bridgehead atoms. The number of nitrogens with zero attached hydrogens (tertiary/aromatic N) is 1. The number of carbonyl (C=O) groups is 2. The number of halogens is 1. The molecule has 1 aliphatic heterocycles. The molecule has 0 unspecified atom stereocenters. The lowest BCUT2D eigenvalue weighted by Crippen LogP contribution is -2.37. The quantitative estimate of drug-likeness (QED) is 0.765. The number of imide groups is 1. The Labute approximate surface area is 111 Å². The van der Waals surface area contributed by atoms with E-state index in [1.165, 1.54) is 23.1 Å². The van der Waals surface area contributed by atoms with Gasteiger partial charge in [0.25, 0.3) is 11.8 Å². The highest BCUT2D eigenvalue weighted by molar-refractivity contribution is 6.06. The maximum atomic E-state index is 13.1. The minimum Gasteiger partial charge on any atom is -0.275 e. The van der Waals surface area contributed by atoms with Crippen molar-refractivity contribution in [2.75, 3.05) is 6.54 Å². The van der Waals surface area contributed by atoms with Gasteiger partial charge in [-0.1, -0.05) is 12.1 Å². The molecule has 0 aromatic heterocycles. The average Bonchev–Trinajstić information content (AvgIpc) is 2.40. The van der Waals surface area contributed by atoms with Gasteiger partial charge in [0.2, 0.25) is 0 Å². The zero-order valence-electron chi connectivity index (χ0n) is 10.6. The predicted molar refractivity (Wildman–Crippen MR) is 70.6 cm³/mol. The molecule has 0 saturated carbocycles. The van der Waals surface area contributed by atoms with Crippen LogP contribution in [0.25, 0.3) is 6.08 Å². The molecular weight excluding hydrogens is 245 g/mol. The van der Waals surface area contributed by atoms with Crippen molar-refractivity contribution in [3.8, 4) is 0 Å². The molecule has 0 radical (unpaired) electrons. The summed E-state index contributed by atoms with van der Waals surface area (Å²) in [6.45, 7) is 2.06. The predicted octanol–water partition coefficient (Wildman–Crippen LogP) is 2.46. The van der Waals surface area contributed by atoms with Crippen LogP contribution in [0.15, 0.2) is 36.4 Å². The van der Waals surface area contributed by atoms with Crippen molar-refractivity contribution in [2.45, 2.75) is 13.3 Å². The van der Waals surface area contributed by atoms with E-state index in [1.54, 1.807) is 31.2 Å². The second-order valence-electron chi connectivity index (χ2n) is 4.36. The van der Waals surface area contributed by atoms with Crippen LogP contribution in [0, 0.1) is 12.7 Å². The molecule has 0 spiro atoms. The normalized spacial score (nSPS) is 15.3. The lowest BCUT2D eigenvalue weighted by Gasteiger charge is -2.19. The molecule has 98 valence electrons. The number of hydrogen-bond donors (Lipinski definition) is 0. The average molecular weight is 259 g/mol. The molecule has 2 amide bonds. The van der Waals surface area contributed by atoms with E-state index in [-0.39, 0.29) is 17.6 Å². The SMILES string of the molecule is Cc1cc(C=CC(=O)N2CCC=CC2=O)ccc1F. The van der Waals surface area contributed by atoms with E-state index in [0.29, 0.717) is 18.5 Å². The first kappa shape index (κ1) is 13.2. The summed E-state index contributed by atoms with van der Waals surface area (Å²) in [7, 11) is 0. The fourth-order valence-electron chi connectivity index (χ4n) is 1.84. The first-order chi connectivity index (χ1) is 9.08. The maximum absolute atomic E-state index is 13.1. The van der Waals surface area contributed by atoms with Gasteiger partial charge in [0, 0.05) is 12.6 Å². The van der Waals surface area contributed by atoms with Gasteiger partial charge in [0.1, 0.15) is 5.82 Å². The second-order valence-corrected chi connectivity index (χ2v) is 4.36. The summed E-state index contributed by atoms with van der Waals surface area (Å²) in [4.78, 5) is 24.5. The van der Waals surface area contributed by atoms with E-state index in [0.717, 1.165) is 5.56 Å². The van der Waals surface area contributed by atoms with Gasteiger partial charge < -0.3 is 0 Å². The molecule has 4 heteroatoms. The van der Waals surface area contributed by atoms with Crippen molar-refractivity contribution in [3.63, 3.8) is 0 Å². The minimum atomic E-state index is -0.351. The third kappa shape index (κ3) is 3.16. The highest BCUT2D eigenvalue weighted by Crippen LogP contribution is 2.11. The Hall–Kier alpha value is -2.23. The summed E-state index contributed by atoms with van der Waals surface area (Å²) in [5.74, 6) is -0.924. The fourth-order valence-corrected chi connectivity index (χ4v) is 1.84. The van der Waals surface area contributed by atoms with Crippen LogP contribution in [0.2, 0.25) is 0 Å². The van der Waals surface area contributed by atoms with E-state index in [9.17, 15) is 14.0 Å². The van der Waals surface area contributed by atoms with Gasteiger partial charge in [-0.3, -0.25) is 14.5 Å². The van der Waals surface area contributed by atoms with Crippen LogP contribution in [0.4, 0.5) is 4.39 Å². The van der Waals surface area contributed by atoms with E-state index in [1.807, 2.05) is 0 Å². The Bertz CT molecular complexity index is 576. The van der Waals surface area contributed by atoms with E-state index < -0.39 is 0 Å². The van der Waals surface area contributed by atoms with Crippen LogP contribution < -0.4 is 0 Å². The third-order valence-corrected chi connectivity index (χ3v) is 2.91. The second kappa shape index (κ2) is 5.61. The molecule has 0 fully saturated rings. The van der Waals surface area contributed by atoms with Gasteiger partial charge in [0.15, 0.2) is 0 Å². The lowest BCUT2D eigenvalue weighted by molar-refractivity contribution is -0.139. The van der Waals surface area contributed by atoms with Gasteiger partial charge in [-0.15, -0.1) is 0 Å². The first-order valence-electron chi connectivity index (χ1n) is 6.04. The standard InChI is InChI=1S/C15H14FNO2/c1-11-10-12(5-7-13(11)16)6-8-15(19)17-9-3-2-4-14(17)18/h2,4-8,10H,3,9H2,1H3. The lowest BCUT2D eigenvalue weighted by atomic mass is 10.1. The minimum absolute atomic E-state index is 0.278. The van der Waals surface area contributed by atoms with Gasteiger partial charge in [0.05, 0.1) is 0 Å². The van der Waals surface area contributed by atoms with Crippen LogP contribution in [0.1, 0.15) is 17.5 Å². The van der Waals surface area contributed by atoms with Gasteiger partial charge >= 0.3 is 0 Å². The Balaban J connectivity index is 2.09. The van der Waals surface area contributed by atoms with E-state index >= 15 is 0 Å².